The summed E-state index contributed by atoms with van der Waals surface area (Å²) in [6, 6.07) is 0. The molecule has 0 amide bonds. The van der Waals surface area contributed by atoms with Crippen molar-refractivity contribution in [1.82, 2.24) is 5.32 Å². The third kappa shape index (κ3) is 1.97. The van der Waals surface area contributed by atoms with Gasteiger partial charge < -0.3 is 5.32 Å². The first kappa shape index (κ1) is 8.62. The van der Waals surface area contributed by atoms with Crippen molar-refractivity contribution in [3.63, 3.8) is 0 Å². The first-order valence-electron chi connectivity index (χ1n) is 4.47. The van der Waals surface area contributed by atoms with Crippen molar-refractivity contribution in [2.24, 2.45) is 0 Å². The van der Waals surface area contributed by atoms with Crippen LogP contribution in [-0.2, 0) is 0 Å². The Balaban J connectivity index is 2.50. The molecular weight excluding hydrogens is 134 g/mol. The van der Waals surface area contributed by atoms with Crippen LogP contribution in [0.5, 0.6) is 0 Å². The summed E-state index contributed by atoms with van der Waals surface area (Å²) in [5.41, 5.74) is 0.364. The molecule has 1 saturated heterocycles. The maximum atomic E-state index is 3.55. The molecule has 1 heterocycles. The number of rotatable bonds is 2. The molecule has 0 spiro atoms. The van der Waals surface area contributed by atoms with Crippen LogP contribution in [0.2, 0.25) is 0 Å². The van der Waals surface area contributed by atoms with Crippen LogP contribution < -0.4 is 5.32 Å². The molecule has 1 N–H and O–H groups in total. The van der Waals surface area contributed by atoms with E-state index in [2.05, 4.69) is 24.1 Å². The largest absolute Gasteiger partial charge is 0.310 e. The summed E-state index contributed by atoms with van der Waals surface area (Å²) in [6.07, 6.45) is 4.86. The molecule has 0 aromatic rings. The van der Waals surface area contributed by atoms with Gasteiger partial charge in [-0.2, -0.15) is 0 Å². The lowest BCUT2D eigenvalue weighted by atomic mass is 9.91. The molecule has 62 valence electrons. The van der Waals surface area contributed by atoms with Crippen molar-refractivity contribution in [2.45, 2.75) is 45.1 Å². The monoisotopic (exact) mass is 151 g/mol. The third-order valence-corrected chi connectivity index (χ3v) is 2.61. The van der Waals surface area contributed by atoms with Gasteiger partial charge in [0.2, 0.25) is 0 Å². The minimum absolute atomic E-state index is 0.364. The summed E-state index contributed by atoms with van der Waals surface area (Å²) in [7, 11) is 0. The highest BCUT2D eigenvalue weighted by Crippen LogP contribution is 2.25. The molecular formula is C10H17N. The molecule has 1 aliphatic heterocycles. The van der Waals surface area contributed by atoms with Crippen molar-refractivity contribution < 1.29 is 0 Å². The third-order valence-electron chi connectivity index (χ3n) is 2.61. The average molecular weight is 151 g/mol. The highest BCUT2D eigenvalue weighted by Gasteiger charge is 2.29. The van der Waals surface area contributed by atoms with E-state index in [-0.39, 0.29) is 0 Å². The zero-order chi connectivity index (χ0) is 8.16. The Morgan fingerprint density at radius 1 is 1.55 bits per heavy atom. The number of hydrogen-bond acceptors (Lipinski definition) is 1. The Hall–Kier alpha value is -0.480. The Morgan fingerprint density at radius 2 is 2.36 bits per heavy atom. The summed E-state index contributed by atoms with van der Waals surface area (Å²) >= 11 is 0. The SMILES string of the molecule is CC#CCC1(CC)CCCN1. The van der Waals surface area contributed by atoms with Crippen LogP contribution in [0.25, 0.3) is 0 Å². The summed E-state index contributed by atoms with van der Waals surface area (Å²) < 4.78 is 0. The van der Waals surface area contributed by atoms with Gasteiger partial charge in [-0.3, -0.25) is 0 Å². The molecule has 1 atom stereocenters. The van der Waals surface area contributed by atoms with Crippen molar-refractivity contribution in [2.75, 3.05) is 6.54 Å². The summed E-state index contributed by atoms with van der Waals surface area (Å²) in [5.74, 6) is 6.13. The van der Waals surface area contributed by atoms with E-state index in [1.807, 2.05) is 6.92 Å². The zero-order valence-electron chi connectivity index (χ0n) is 7.54. The van der Waals surface area contributed by atoms with E-state index in [0.29, 0.717) is 5.54 Å². The lowest BCUT2D eigenvalue weighted by Crippen LogP contribution is -2.38. The Labute approximate surface area is 69.6 Å². The van der Waals surface area contributed by atoms with E-state index in [0.717, 1.165) is 6.42 Å². The zero-order valence-corrected chi connectivity index (χ0v) is 7.54. The van der Waals surface area contributed by atoms with Gasteiger partial charge in [0.25, 0.3) is 0 Å². The highest BCUT2D eigenvalue weighted by atomic mass is 15.0. The molecule has 1 heteroatoms. The second kappa shape index (κ2) is 3.78. The predicted molar refractivity (Wildman–Crippen MR) is 48.3 cm³/mol. The molecule has 11 heavy (non-hydrogen) atoms. The molecule has 0 saturated carbocycles. The molecule has 0 radical (unpaired) electrons. The van der Waals surface area contributed by atoms with Crippen molar-refractivity contribution in [1.29, 1.82) is 0 Å². The van der Waals surface area contributed by atoms with Gasteiger partial charge in [-0.25, -0.2) is 0 Å². The average Bonchev–Trinajstić information content (AvgIpc) is 2.50. The molecule has 1 rings (SSSR count). The predicted octanol–water partition coefficient (Wildman–Crippen LogP) is 1.93. The van der Waals surface area contributed by atoms with Crippen molar-refractivity contribution in [3.05, 3.63) is 0 Å². The van der Waals surface area contributed by atoms with E-state index in [1.165, 1.54) is 25.8 Å². The van der Waals surface area contributed by atoms with Gasteiger partial charge in [0.15, 0.2) is 0 Å². The fraction of sp³-hybridized carbons (Fsp3) is 0.800. The van der Waals surface area contributed by atoms with Gasteiger partial charge >= 0.3 is 0 Å². The van der Waals surface area contributed by atoms with E-state index < -0.39 is 0 Å². The molecule has 1 fully saturated rings. The maximum Gasteiger partial charge on any atom is 0.0288 e. The molecule has 0 aromatic heterocycles. The maximum absolute atomic E-state index is 3.55. The minimum atomic E-state index is 0.364. The molecule has 0 aromatic carbocycles. The first-order chi connectivity index (χ1) is 5.33. The molecule has 1 aliphatic rings. The van der Waals surface area contributed by atoms with Gasteiger partial charge in [0.05, 0.1) is 0 Å². The lowest BCUT2D eigenvalue weighted by Gasteiger charge is -2.25. The van der Waals surface area contributed by atoms with Crippen LogP contribution in [0, 0.1) is 11.8 Å². The molecule has 0 bridgehead atoms. The second-order valence-electron chi connectivity index (χ2n) is 3.27. The van der Waals surface area contributed by atoms with E-state index in [4.69, 9.17) is 0 Å². The lowest BCUT2D eigenvalue weighted by molar-refractivity contribution is 0.371. The topological polar surface area (TPSA) is 12.0 Å². The van der Waals surface area contributed by atoms with E-state index >= 15 is 0 Å². The number of nitrogens with one attached hydrogen (secondary N) is 1. The van der Waals surface area contributed by atoms with Gasteiger partial charge in [-0.1, -0.05) is 6.92 Å². The van der Waals surface area contributed by atoms with Crippen molar-refractivity contribution in [3.8, 4) is 11.8 Å². The van der Waals surface area contributed by atoms with E-state index in [9.17, 15) is 0 Å². The smallest absolute Gasteiger partial charge is 0.0288 e. The van der Waals surface area contributed by atoms with Crippen LogP contribution >= 0.6 is 0 Å². The molecule has 1 nitrogen and oxygen atoms in total. The van der Waals surface area contributed by atoms with Crippen LogP contribution in [0.4, 0.5) is 0 Å². The fourth-order valence-corrected chi connectivity index (χ4v) is 1.70. The minimum Gasteiger partial charge on any atom is -0.310 e. The van der Waals surface area contributed by atoms with Gasteiger partial charge in [0.1, 0.15) is 0 Å². The van der Waals surface area contributed by atoms with Gasteiger partial charge in [-0.15, -0.1) is 11.8 Å². The normalized spacial score (nSPS) is 29.6. The highest BCUT2D eigenvalue weighted by molar-refractivity contribution is 5.06. The molecule has 0 aliphatic carbocycles. The van der Waals surface area contributed by atoms with Crippen LogP contribution in [0.15, 0.2) is 0 Å². The van der Waals surface area contributed by atoms with Crippen molar-refractivity contribution >= 4 is 0 Å². The summed E-state index contributed by atoms with van der Waals surface area (Å²) in [6.45, 7) is 5.34. The first-order valence-corrected chi connectivity index (χ1v) is 4.47. The summed E-state index contributed by atoms with van der Waals surface area (Å²) in [4.78, 5) is 0. The Morgan fingerprint density at radius 3 is 2.82 bits per heavy atom. The van der Waals surface area contributed by atoms with E-state index in [1.54, 1.807) is 0 Å². The quantitative estimate of drug-likeness (QED) is 0.595. The summed E-state index contributed by atoms with van der Waals surface area (Å²) in [5, 5.41) is 3.55. The Kier molecular flexibility index (Phi) is 2.96. The van der Waals surface area contributed by atoms with Crippen LogP contribution in [0.3, 0.4) is 0 Å². The van der Waals surface area contributed by atoms with Gasteiger partial charge in [0, 0.05) is 12.0 Å². The molecule has 1 unspecified atom stereocenters. The van der Waals surface area contributed by atoms with Crippen LogP contribution in [0.1, 0.15) is 39.5 Å². The van der Waals surface area contributed by atoms with Gasteiger partial charge in [-0.05, 0) is 32.7 Å². The van der Waals surface area contributed by atoms with Crippen LogP contribution in [-0.4, -0.2) is 12.1 Å². The number of hydrogen-bond donors (Lipinski definition) is 1. The fourth-order valence-electron chi connectivity index (χ4n) is 1.70. The second-order valence-corrected chi connectivity index (χ2v) is 3.27. The standard InChI is InChI=1S/C10H17N/c1-3-5-7-10(4-2)8-6-9-11-10/h11H,4,6-9H2,1-2H3. The Bertz CT molecular complexity index is 167.